The summed E-state index contributed by atoms with van der Waals surface area (Å²) in [6, 6.07) is 5.60. The van der Waals surface area contributed by atoms with E-state index in [1.54, 1.807) is 6.07 Å². The molecular weight excluding hydrogens is 272 g/mol. The number of nitrogens with zero attached hydrogens (tertiary/aromatic N) is 1. The lowest BCUT2D eigenvalue weighted by Gasteiger charge is -2.31. The molecule has 0 spiro atoms. The van der Waals surface area contributed by atoms with Gasteiger partial charge in [0.15, 0.2) is 0 Å². The first kappa shape index (κ1) is 13.5. The summed E-state index contributed by atoms with van der Waals surface area (Å²) in [4.78, 5) is 26.9. The Hall–Kier alpha value is -1.49. The molecule has 0 radical (unpaired) electrons. The average Bonchev–Trinajstić information content (AvgIpc) is 2.45. The normalized spacial score (nSPS) is 22.1. The maximum Gasteiger partial charge on any atom is 0.253 e. The van der Waals surface area contributed by atoms with E-state index in [-0.39, 0.29) is 11.8 Å². The standard InChI is InChI=1S/C15H18N2O2S/c1-10-3-2-6-17(8-10)15(19)11-4-5-13-12(7-11)16-14(18)9-20-13/h4-5,7,10H,2-3,6,8-9H2,1H3,(H,16,18)/t10-/m0/s1. The first-order valence-corrected chi connectivity index (χ1v) is 7.98. The van der Waals surface area contributed by atoms with Gasteiger partial charge in [-0.2, -0.15) is 0 Å². The number of nitrogens with one attached hydrogen (secondary N) is 1. The van der Waals surface area contributed by atoms with Crippen molar-refractivity contribution >= 4 is 29.3 Å². The Kier molecular flexibility index (Phi) is 3.70. The number of amides is 2. The van der Waals surface area contributed by atoms with Gasteiger partial charge in [-0.1, -0.05) is 6.92 Å². The minimum absolute atomic E-state index is 0.00121. The Morgan fingerprint density at radius 2 is 2.30 bits per heavy atom. The van der Waals surface area contributed by atoms with E-state index in [4.69, 9.17) is 0 Å². The summed E-state index contributed by atoms with van der Waals surface area (Å²) in [5.41, 5.74) is 1.43. The lowest BCUT2D eigenvalue weighted by molar-refractivity contribution is -0.113. The second kappa shape index (κ2) is 5.48. The Morgan fingerprint density at radius 3 is 3.10 bits per heavy atom. The van der Waals surface area contributed by atoms with Gasteiger partial charge in [-0.05, 0) is 37.0 Å². The lowest BCUT2D eigenvalue weighted by atomic mass is 9.99. The number of benzene rings is 1. The molecule has 0 aromatic heterocycles. The van der Waals surface area contributed by atoms with Crippen molar-refractivity contribution in [2.75, 3.05) is 24.2 Å². The van der Waals surface area contributed by atoms with Crippen molar-refractivity contribution in [2.45, 2.75) is 24.7 Å². The van der Waals surface area contributed by atoms with Gasteiger partial charge < -0.3 is 10.2 Å². The highest BCUT2D eigenvalue weighted by atomic mass is 32.2. The summed E-state index contributed by atoms with van der Waals surface area (Å²) in [7, 11) is 0. The topological polar surface area (TPSA) is 49.4 Å². The minimum Gasteiger partial charge on any atom is -0.338 e. The van der Waals surface area contributed by atoms with Gasteiger partial charge in [-0.15, -0.1) is 11.8 Å². The molecule has 0 bridgehead atoms. The van der Waals surface area contributed by atoms with Crippen LogP contribution in [0.15, 0.2) is 23.1 Å². The molecular formula is C15H18N2O2S. The molecule has 1 fully saturated rings. The Bertz CT molecular complexity index is 559. The molecule has 20 heavy (non-hydrogen) atoms. The van der Waals surface area contributed by atoms with E-state index < -0.39 is 0 Å². The first-order valence-electron chi connectivity index (χ1n) is 6.99. The molecule has 0 unspecified atom stereocenters. The molecule has 2 aliphatic rings. The predicted molar refractivity (Wildman–Crippen MR) is 80.1 cm³/mol. The third-order valence-electron chi connectivity index (χ3n) is 3.80. The molecule has 1 aromatic rings. The fourth-order valence-corrected chi connectivity index (χ4v) is 3.56. The second-order valence-corrected chi connectivity index (χ2v) is 6.56. The summed E-state index contributed by atoms with van der Waals surface area (Å²) in [5, 5.41) is 2.84. The third kappa shape index (κ3) is 2.68. The van der Waals surface area contributed by atoms with Crippen LogP contribution in [0.3, 0.4) is 0 Å². The zero-order valence-electron chi connectivity index (χ0n) is 11.5. The largest absolute Gasteiger partial charge is 0.338 e. The molecule has 3 rings (SSSR count). The molecule has 106 valence electrons. The van der Waals surface area contributed by atoms with E-state index in [2.05, 4.69) is 12.2 Å². The summed E-state index contributed by atoms with van der Waals surface area (Å²) in [6.45, 7) is 3.85. The van der Waals surface area contributed by atoms with E-state index in [0.29, 0.717) is 17.2 Å². The smallest absolute Gasteiger partial charge is 0.253 e. The lowest BCUT2D eigenvalue weighted by Crippen LogP contribution is -2.39. The van der Waals surface area contributed by atoms with Gasteiger partial charge in [0.1, 0.15) is 0 Å². The second-order valence-electron chi connectivity index (χ2n) is 5.55. The number of carbonyl (C=O) groups excluding carboxylic acids is 2. The van der Waals surface area contributed by atoms with E-state index in [1.165, 1.54) is 18.2 Å². The van der Waals surface area contributed by atoms with Crippen LogP contribution in [0, 0.1) is 5.92 Å². The molecule has 2 amide bonds. The van der Waals surface area contributed by atoms with Gasteiger partial charge >= 0.3 is 0 Å². The number of fused-ring (bicyclic) bond motifs is 1. The number of hydrogen-bond acceptors (Lipinski definition) is 3. The van der Waals surface area contributed by atoms with Gasteiger partial charge in [-0.25, -0.2) is 0 Å². The number of rotatable bonds is 1. The van der Waals surface area contributed by atoms with Crippen molar-refractivity contribution in [3.05, 3.63) is 23.8 Å². The van der Waals surface area contributed by atoms with Crippen LogP contribution in [-0.2, 0) is 4.79 Å². The first-order chi connectivity index (χ1) is 9.63. The molecule has 0 aliphatic carbocycles. The molecule has 1 aromatic carbocycles. The van der Waals surface area contributed by atoms with Crippen LogP contribution >= 0.6 is 11.8 Å². The Morgan fingerprint density at radius 1 is 1.45 bits per heavy atom. The van der Waals surface area contributed by atoms with Crippen LogP contribution < -0.4 is 5.32 Å². The van der Waals surface area contributed by atoms with Crippen LogP contribution in [0.5, 0.6) is 0 Å². The highest BCUT2D eigenvalue weighted by Gasteiger charge is 2.23. The number of likely N-dealkylation sites (tertiary alicyclic amines) is 1. The molecule has 1 atom stereocenters. The maximum absolute atomic E-state index is 12.5. The fraction of sp³-hybridized carbons (Fsp3) is 0.467. The van der Waals surface area contributed by atoms with E-state index in [9.17, 15) is 9.59 Å². The van der Waals surface area contributed by atoms with Crippen molar-refractivity contribution in [2.24, 2.45) is 5.92 Å². The molecule has 1 saturated heterocycles. The Labute approximate surface area is 122 Å². The molecule has 2 aliphatic heterocycles. The quantitative estimate of drug-likeness (QED) is 0.865. The number of thioether (sulfide) groups is 1. The summed E-state index contributed by atoms with van der Waals surface area (Å²) < 4.78 is 0. The van der Waals surface area contributed by atoms with Gasteiger partial charge in [0, 0.05) is 23.5 Å². The number of piperidine rings is 1. The molecule has 4 nitrogen and oxygen atoms in total. The number of anilines is 1. The van der Waals surface area contributed by atoms with E-state index >= 15 is 0 Å². The molecule has 0 saturated carbocycles. The van der Waals surface area contributed by atoms with Gasteiger partial charge in [0.25, 0.3) is 5.91 Å². The maximum atomic E-state index is 12.5. The zero-order valence-corrected chi connectivity index (χ0v) is 12.3. The average molecular weight is 290 g/mol. The highest BCUT2D eigenvalue weighted by molar-refractivity contribution is 8.00. The van der Waals surface area contributed by atoms with Gasteiger partial charge in [0.2, 0.25) is 5.91 Å². The van der Waals surface area contributed by atoms with E-state index in [0.717, 1.165) is 30.1 Å². The zero-order chi connectivity index (χ0) is 14.1. The summed E-state index contributed by atoms with van der Waals surface area (Å²) in [6.07, 6.45) is 2.27. The van der Waals surface area contributed by atoms with E-state index in [1.807, 2.05) is 17.0 Å². The van der Waals surface area contributed by atoms with Crippen LogP contribution in [0.4, 0.5) is 5.69 Å². The van der Waals surface area contributed by atoms with Crippen molar-refractivity contribution in [1.29, 1.82) is 0 Å². The van der Waals surface area contributed by atoms with Crippen molar-refractivity contribution in [1.82, 2.24) is 4.90 Å². The van der Waals surface area contributed by atoms with Crippen LogP contribution in [-0.4, -0.2) is 35.6 Å². The summed E-state index contributed by atoms with van der Waals surface area (Å²) in [5.74, 6) is 1.09. The predicted octanol–water partition coefficient (Wildman–Crippen LogP) is 2.60. The summed E-state index contributed by atoms with van der Waals surface area (Å²) >= 11 is 1.52. The SMILES string of the molecule is C[C@H]1CCCN(C(=O)c2ccc3c(c2)NC(=O)CS3)C1. The minimum atomic E-state index is -0.00121. The van der Waals surface area contributed by atoms with Gasteiger partial charge in [-0.3, -0.25) is 9.59 Å². The van der Waals surface area contributed by atoms with Crippen LogP contribution in [0.25, 0.3) is 0 Å². The Balaban J connectivity index is 1.81. The number of carbonyl (C=O) groups is 2. The van der Waals surface area contributed by atoms with Gasteiger partial charge in [0.05, 0.1) is 11.4 Å². The monoisotopic (exact) mass is 290 g/mol. The highest BCUT2D eigenvalue weighted by Crippen LogP contribution is 2.32. The van der Waals surface area contributed by atoms with Crippen LogP contribution in [0.1, 0.15) is 30.1 Å². The fourth-order valence-electron chi connectivity index (χ4n) is 2.77. The van der Waals surface area contributed by atoms with Crippen molar-refractivity contribution < 1.29 is 9.59 Å². The van der Waals surface area contributed by atoms with Crippen molar-refractivity contribution in [3.8, 4) is 0 Å². The molecule has 1 N–H and O–H groups in total. The molecule has 5 heteroatoms. The molecule has 2 heterocycles. The number of hydrogen-bond donors (Lipinski definition) is 1. The third-order valence-corrected chi connectivity index (χ3v) is 4.88. The van der Waals surface area contributed by atoms with Crippen LogP contribution in [0.2, 0.25) is 0 Å². The van der Waals surface area contributed by atoms with Crippen molar-refractivity contribution in [3.63, 3.8) is 0 Å².